The monoisotopic (exact) mass is 598 g/mol. The summed E-state index contributed by atoms with van der Waals surface area (Å²) in [6, 6.07) is 0. The Morgan fingerprint density at radius 2 is 0.975 bits per heavy atom. The molecule has 0 saturated carbocycles. The zero-order valence-corrected chi connectivity index (χ0v) is 24.6. The van der Waals surface area contributed by atoms with E-state index in [1.54, 1.807) is 37.4 Å². The van der Waals surface area contributed by atoms with Crippen molar-refractivity contribution in [2.75, 3.05) is 24.7 Å². The Hall–Kier alpha value is -3.00. The van der Waals surface area contributed by atoms with Gasteiger partial charge in [0, 0.05) is 48.7 Å². The van der Waals surface area contributed by atoms with Gasteiger partial charge in [0.05, 0.1) is 24.6 Å². The lowest BCUT2D eigenvalue weighted by molar-refractivity contribution is -0.144. The topological polar surface area (TPSA) is 184 Å². The van der Waals surface area contributed by atoms with Crippen molar-refractivity contribution in [3.05, 3.63) is 43.7 Å². The highest BCUT2D eigenvalue weighted by Crippen LogP contribution is 2.19. The van der Waals surface area contributed by atoms with E-state index in [4.69, 9.17) is 9.47 Å². The summed E-state index contributed by atoms with van der Waals surface area (Å²) in [6.45, 7) is 4.14. The molecular weight excluding hydrogens is 560 g/mol. The van der Waals surface area contributed by atoms with Crippen molar-refractivity contribution in [2.24, 2.45) is 0 Å². The molecule has 0 spiro atoms. The minimum atomic E-state index is -0.436. The molecule has 0 atom stereocenters. The number of nitrogens with one attached hydrogen (secondary N) is 4. The SMILES string of the molecule is CCOC(=O)CCCCC(=O)c1[nH]c(=O)[nH]c1CSCCSCc1[nH]c(=O)[nH]c1C(=O)CCCCC(=O)OCC. The van der Waals surface area contributed by atoms with Gasteiger partial charge in [-0.3, -0.25) is 19.2 Å². The van der Waals surface area contributed by atoms with Crippen LogP contribution < -0.4 is 11.4 Å². The van der Waals surface area contributed by atoms with Gasteiger partial charge in [0.2, 0.25) is 0 Å². The first-order chi connectivity index (χ1) is 19.2. The molecule has 40 heavy (non-hydrogen) atoms. The van der Waals surface area contributed by atoms with Crippen LogP contribution in [-0.4, -0.2) is 68.2 Å². The minimum Gasteiger partial charge on any atom is -0.466 e. The average molecular weight is 599 g/mol. The number of hydrogen-bond acceptors (Lipinski definition) is 10. The van der Waals surface area contributed by atoms with Gasteiger partial charge in [-0.2, -0.15) is 23.5 Å². The lowest BCUT2D eigenvalue weighted by Gasteiger charge is -2.05. The molecule has 0 aromatic carbocycles. The number of aromatic amines is 4. The second kappa shape index (κ2) is 18.4. The molecule has 222 valence electrons. The number of H-pyrrole nitrogens is 4. The summed E-state index contributed by atoms with van der Waals surface area (Å²) in [7, 11) is 0. The van der Waals surface area contributed by atoms with Crippen molar-refractivity contribution < 1.29 is 28.7 Å². The smallest absolute Gasteiger partial charge is 0.323 e. The first kappa shape index (κ1) is 33.2. The van der Waals surface area contributed by atoms with Gasteiger partial charge in [-0.1, -0.05) is 0 Å². The van der Waals surface area contributed by atoms with Gasteiger partial charge in [0.15, 0.2) is 11.6 Å². The maximum Gasteiger partial charge on any atom is 0.323 e. The number of imidazole rings is 2. The van der Waals surface area contributed by atoms with Gasteiger partial charge in [-0.05, 0) is 39.5 Å². The van der Waals surface area contributed by atoms with E-state index in [0.717, 1.165) is 11.5 Å². The number of carbonyl (C=O) groups excluding carboxylic acids is 4. The average Bonchev–Trinajstić information content (AvgIpc) is 3.48. The van der Waals surface area contributed by atoms with Crippen LogP contribution in [0.1, 0.15) is 97.6 Å². The van der Waals surface area contributed by atoms with E-state index in [9.17, 15) is 28.8 Å². The predicted molar refractivity (Wildman–Crippen MR) is 154 cm³/mol. The van der Waals surface area contributed by atoms with Crippen LogP contribution in [0, 0.1) is 0 Å². The van der Waals surface area contributed by atoms with E-state index in [-0.39, 0.29) is 60.6 Å². The van der Waals surface area contributed by atoms with Crippen LogP contribution in [0.4, 0.5) is 0 Å². The molecule has 0 aliphatic rings. The quantitative estimate of drug-likeness (QED) is 0.0942. The first-order valence-electron chi connectivity index (χ1n) is 13.4. The number of hydrogen-bond donors (Lipinski definition) is 4. The van der Waals surface area contributed by atoms with Gasteiger partial charge in [0.25, 0.3) is 0 Å². The van der Waals surface area contributed by atoms with E-state index in [0.29, 0.717) is 61.8 Å². The third kappa shape index (κ3) is 12.0. The Balaban J connectivity index is 1.72. The highest BCUT2D eigenvalue weighted by Gasteiger charge is 2.17. The van der Waals surface area contributed by atoms with Crippen molar-refractivity contribution in [1.29, 1.82) is 0 Å². The standard InChI is InChI=1S/C26H38N4O8S2/c1-3-37-21(33)11-7-5-9-19(31)23-17(27-25(35)29-23)15-39-13-14-40-16-18-24(30-26(36)28-18)20(32)10-6-8-12-22(34)38-4-2/h3-16H2,1-2H3,(H2,27,29,35)(H2,28,30,36). The number of Topliss-reactive ketones (excluding diaryl/α,β-unsaturated/α-hetero) is 2. The van der Waals surface area contributed by atoms with E-state index >= 15 is 0 Å². The molecule has 0 aliphatic heterocycles. The summed E-state index contributed by atoms with van der Waals surface area (Å²) in [5, 5.41) is 0. The number of ether oxygens (including phenoxy) is 2. The van der Waals surface area contributed by atoms with Crippen LogP contribution in [0.3, 0.4) is 0 Å². The van der Waals surface area contributed by atoms with Crippen molar-refractivity contribution in [1.82, 2.24) is 19.9 Å². The van der Waals surface area contributed by atoms with E-state index in [1.807, 2.05) is 0 Å². The number of aromatic nitrogens is 4. The lowest BCUT2D eigenvalue weighted by Crippen LogP contribution is -2.07. The maximum atomic E-state index is 12.6. The zero-order chi connectivity index (χ0) is 29.3. The molecule has 2 rings (SSSR count). The molecule has 2 aromatic heterocycles. The molecule has 0 fully saturated rings. The molecule has 0 amide bonds. The van der Waals surface area contributed by atoms with E-state index in [2.05, 4.69) is 19.9 Å². The summed E-state index contributed by atoms with van der Waals surface area (Å²) >= 11 is 3.10. The van der Waals surface area contributed by atoms with Gasteiger partial charge in [-0.25, -0.2) is 9.59 Å². The number of rotatable bonds is 21. The maximum absolute atomic E-state index is 12.6. The summed E-state index contributed by atoms with van der Waals surface area (Å²) < 4.78 is 9.75. The third-order valence-electron chi connectivity index (χ3n) is 5.71. The third-order valence-corrected chi connectivity index (χ3v) is 7.94. The Morgan fingerprint density at radius 3 is 1.35 bits per heavy atom. The lowest BCUT2D eigenvalue weighted by atomic mass is 10.1. The Morgan fingerprint density at radius 1 is 0.600 bits per heavy atom. The number of carbonyl (C=O) groups is 4. The molecule has 2 heterocycles. The second-order valence-electron chi connectivity index (χ2n) is 8.84. The molecule has 0 aliphatic carbocycles. The molecule has 0 radical (unpaired) electrons. The highest BCUT2D eigenvalue weighted by atomic mass is 32.2. The van der Waals surface area contributed by atoms with Crippen LogP contribution in [0.15, 0.2) is 9.59 Å². The second-order valence-corrected chi connectivity index (χ2v) is 11.1. The van der Waals surface area contributed by atoms with Gasteiger partial charge in [0.1, 0.15) is 11.4 Å². The van der Waals surface area contributed by atoms with Crippen LogP contribution in [0.25, 0.3) is 0 Å². The molecule has 2 aromatic rings. The largest absolute Gasteiger partial charge is 0.466 e. The van der Waals surface area contributed by atoms with Crippen molar-refractivity contribution in [2.45, 2.75) is 76.7 Å². The van der Waals surface area contributed by atoms with Crippen LogP contribution in [0.2, 0.25) is 0 Å². The van der Waals surface area contributed by atoms with Gasteiger partial charge in [-0.15, -0.1) is 0 Å². The molecular formula is C26H38N4O8S2. The molecule has 0 unspecified atom stereocenters. The Labute approximate surface area is 240 Å². The predicted octanol–water partition coefficient (Wildman–Crippen LogP) is 3.50. The molecule has 4 N–H and O–H groups in total. The molecule has 0 bridgehead atoms. The molecule has 12 nitrogen and oxygen atoms in total. The number of esters is 2. The summed E-state index contributed by atoms with van der Waals surface area (Å²) in [5.74, 6) is 1.40. The number of ketones is 2. The van der Waals surface area contributed by atoms with Crippen LogP contribution in [-0.2, 0) is 30.6 Å². The Bertz CT molecular complexity index is 1140. The normalized spacial score (nSPS) is 10.9. The molecule has 14 heteroatoms. The van der Waals surface area contributed by atoms with Crippen LogP contribution >= 0.6 is 23.5 Å². The van der Waals surface area contributed by atoms with Crippen LogP contribution in [0.5, 0.6) is 0 Å². The first-order valence-corrected chi connectivity index (χ1v) is 15.7. The summed E-state index contributed by atoms with van der Waals surface area (Å²) in [6.07, 6.45) is 3.08. The number of unbranched alkanes of at least 4 members (excludes halogenated alkanes) is 2. The summed E-state index contributed by atoms with van der Waals surface area (Å²) in [5.41, 5.74) is 0.763. The molecule has 0 saturated heterocycles. The van der Waals surface area contributed by atoms with Gasteiger partial charge < -0.3 is 29.4 Å². The van der Waals surface area contributed by atoms with E-state index in [1.165, 1.54) is 0 Å². The Kier molecular flexibility index (Phi) is 15.2. The van der Waals surface area contributed by atoms with Crippen molar-refractivity contribution in [3.63, 3.8) is 0 Å². The van der Waals surface area contributed by atoms with Gasteiger partial charge >= 0.3 is 23.3 Å². The van der Waals surface area contributed by atoms with E-state index < -0.39 is 11.4 Å². The number of thioether (sulfide) groups is 2. The fourth-order valence-electron chi connectivity index (χ4n) is 3.82. The zero-order valence-electron chi connectivity index (χ0n) is 23.0. The van der Waals surface area contributed by atoms with Crippen molar-refractivity contribution in [3.8, 4) is 0 Å². The minimum absolute atomic E-state index is 0.179. The fourth-order valence-corrected chi connectivity index (χ4v) is 5.90. The van der Waals surface area contributed by atoms with Crippen molar-refractivity contribution >= 4 is 47.0 Å². The fraction of sp³-hybridized carbons (Fsp3) is 0.615. The highest BCUT2D eigenvalue weighted by molar-refractivity contribution is 8.02. The summed E-state index contributed by atoms with van der Waals surface area (Å²) in [4.78, 5) is 82.1.